The fourth-order valence-corrected chi connectivity index (χ4v) is 3.25. The number of hydrogen-bond donors (Lipinski definition) is 1. The van der Waals surface area contributed by atoms with Gasteiger partial charge in [0.25, 0.3) is 0 Å². The molecule has 1 N–H and O–H groups in total. The van der Waals surface area contributed by atoms with E-state index in [9.17, 15) is 4.79 Å². The van der Waals surface area contributed by atoms with Crippen LogP contribution in [-0.2, 0) is 14.1 Å². The molecule has 0 aliphatic heterocycles. The van der Waals surface area contributed by atoms with E-state index in [1.807, 2.05) is 14.1 Å². The van der Waals surface area contributed by atoms with Crippen LogP contribution < -0.4 is 11.0 Å². The third kappa shape index (κ3) is 2.77. The number of nitrogens with one attached hydrogen (secondary N) is 1. The molecule has 116 valence electrons. The number of benzene rings is 1. The van der Waals surface area contributed by atoms with Gasteiger partial charge in [-0.05, 0) is 30.2 Å². The molecule has 4 heteroatoms. The minimum atomic E-state index is 0.0321. The second-order valence-corrected chi connectivity index (χ2v) is 5.76. The van der Waals surface area contributed by atoms with Crippen LogP contribution in [0.2, 0.25) is 0 Å². The molecule has 0 saturated heterocycles. The number of aryl methyl sites for hydroxylation is 2. The third-order valence-corrected chi connectivity index (χ3v) is 4.60. The summed E-state index contributed by atoms with van der Waals surface area (Å²) in [5, 5.41) is 3.61. The number of rotatable bonds is 6. The summed E-state index contributed by atoms with van der Waals surface area (Å²) in [6.07, 6.45) is 2.31. The van der Waals surface area contributed by atoms with Crippen molar-refractivity contribution in [2.45, 2.75) is 39.7 Å². The fraction of sp³-hybridized carbons (Fsp3) is 0.588. The molecular weight excluding hydrogens is 262 g/mol. The second-order valence-electron chi connectivity index (χ2n) is 5.76. The van der Waals surface area contributed by atoms with Gasteiger partial charge in [0, 0.05) is 20.1 Å². The van der Waals surface area contributed by atoms with Crippen molar-refractivity contribution in [1.29, 1.82) is 0 Å². The predicted molar refractivity (Wildman–Crippen MR) is 88.6 cm³/mol. The maximum atomic E-state index is 12.1. The lowest BCUT2D eigenvalue weighted by Gasteiger charge is -2.26. The molecule has 1 aromatic heterocycles. The van der Waals surface area contributed by atoms with E-state index in [4.69, 9.17) is 0 Å². The molecule has 1 unspecified atom stereocenters. The van der Waals surface area contributed by atoms with Crippen molar-refractivity contribution in [1.82, 2.24) is 14.5 Å². The summed E-state index contributed by atoms with van der Waals surface area (Å²) in [6.45, 7) is 7.59. The monoisotopic (exact) mass is 289 g/mol. The minimum absolute atomic E-state index is 0.0321. The van der Waals surface area contributed by atoms with Crippen LogP contribution in [-0.4, -0.2) is 15.7 Å². The average molecular weight is 289 g/mol. The van der Waals surface area contributed by atoms with Gasteiger partial charge in [0.2, 0.25) is 0 Å². The van der Waals surface area contributed by atoms with E-state index in [0.29, 0.717) is 12.0 Å². The molecule has 0 amide bonds. The Morgan fingerprint density at radius 3 is 2.24 bits per heavy atom. The van der Waals surface area contributed by atoms with Crippen molar-refractivity contribution >= 4 is 11.0 Å². The maximum absolute atomic E-state index is 12.1. The Bertz CT molecular complexity index is 664. The van der Waals surface area contributed by atoms with E-state index >= 15 is 0 Å². The Morgan fingerprint density at radius 2 is 1.67 bits per heavy atom. The van der Waals surface area contributed by atoms with E-state index in [1.165, 1.54) is 5.56 Å². The Kier molecular flexibility index (Phi) is 4.88. The molecule has 0 aliphatic rings. The highest BCUT2D eigenvalue weighted by Crippen LogP contribution is 2.29. The zero-order valence-corrected chi connectivity index (χ0v) is 13.8. The number of nitrogens with zero attached hydrogens (tertiary/aromatic N) is 2. The highest BCUT2D eigenvalue weighted by Gasteiger charge is 2.20. The van der Waals surface area contributed by atoms with Crippen molar-refractivity contribution in [2.75, 3.05) is 6.54 Å². The highest BCUT2D eigenvalue weighted by molar-refractivity contribution is 5.77. The number of aromatic nitrogens is 2. The average Bonchev–Trinajstić information content (AvgIpc) is 2.72. The van der Waals surface area contributed by atoms with Crippen molar-refractivity contribution in [2.24, 2.45) is 20.0 Å². The van der Waals surface area contributed by atoms with Gasteiger partial charge in [0.1, 0.15) is 0 Å². The van der Waals surface area contributed by atoms with Crippen LogP contribution in [0.25, 0.3) is 11.0 Å². The van der Waals surface area contributed by atoms with Crippen molar-refractivity contribution in [3.05, 3.63) is 34.2 Å². The summed E-state index contributed by atoms with van der Waals surface area (Å²) >= 11 is 0. The molecule has 1 heterocycles. The zero-order valence-electron chi connectivity index (χ0n) is 13.8. The number of hydrogen-bond acceptors (Lipinski definition) is 2. The van der Waals surface area contributed by atoms with Crippen molar-refractivity contribution < 1.29 is 0 Å². The Labute approximate surface area is 126 Å². The van der Waals surface area contributed by atoms with E-state index in [-0.39, 0.29) is 5.69 Å². The number of fused-ring (bicyclic) bond motifs is 1. The molecule has 0 bridgehead atoms. The Balaban J connectivity index is 2.53. The highest BCUT2D eigenvalue weighted by atomic mass is 16.1. The van der Waals surface area contributed by atoms with Crippen LogP contribution in [0.15, 0.2) is 23.0 Å². The van der Waals surface area contributed by atoms with Crippen LogP contribution in [0.3, 0.4) is 0 Å². The van der Waals surface area contributed by atoms with Crippen molar-refractivity contribution in [3.8, 4) is 0 Å². The van der Waals surface area contributed by atoms with Gasteiger partial charge >= 0.3 is 5.69 Å². The van der Waals surface area contributed by atoms with Gasteiger partial charge in [-0.15, -0.1) is 0 Å². The van der Waals surface area contributed by atoms with Gasteiger partial charge < -0.3 is 5.32 Å². The number of imidazole rings is 1. The van der Waals surface area contributed by atoms with Crippen LogP contribution >= 0.6 is 0 Å². The smallest absolute Gasteiger partial charge is 0.310 e. The summed E-state index contributed by atoms with van der Waals surface area (Å²) in [5.74, 6) is 0.614. The second kappa shape index (κ2) is 6.48. The van der Waals surface area contributed by atoms with Gasteiger partial charge in [-0.25, -0.2) is 4.79 Å². The molecular formula is C17H27N3O. The first kappa shape index (κ1) is 15.8. The largest absolute Gasteiger partial charge is 0.328 e. The first-order chi connectivity index (χ1) is 10.0. The molecule has 2 aromatic rings. The Hall–Kier alpha value is -1.55. The molecule has 1 aromatic carbocycles. The lowest BCUT2D eigenvalue weighted by Crippen LogP contribution is -2.27. The molecule has 1 atom stereocenters. The standard InChI is InChI=1S/C17H27N3O/c1-6-12(7-2)16(18-8-3)13-9-10-14-15(11-13)20(5)17(21)19(14)4/h9-12,16,18H,6-8H2,1-5H3. The summed E-state index contributed by atoms with van der Waals surface area (Å²) in [6, 6.07) is 6.75. The first-order valence-electron chi connectivity index (χ1n) is 7.93. The summed E-state index contributed by atoms with van der Waals surface area (Å²) in [4.78, 5) is 12.1. The maximum Gasteiger partial charge on any atom is 0.328 e. The first-order valence-corrected chi connectivity index (χ1v) is 7.93. The fourth-order valence-electron chi connectivity index (χ4n) is 3.25. The molecule has 0 saturated carbocycles. The zero-order chi connectivity index (χ0) is 15.6. The molecule has 2 rings (SSSR count). The van der Waals surface area contributed by atoms with Gasteiger partial charge in [0.05, 0.1) is 11.0 Å². The molecule has 21 heavy (non-hydrogen) atoms. The van der Waals surface area contributed by atoms with Crippen molar-refractivity contribution in [3.63, 3.8) is 0 Å². The van der Waals surface area contributed by atoms with E-state index in [0.717, 1.165) is 30.4 Å². The minimum Gasteiger partial charge on any atom is -0.310 e. The lowest BCUT2D eigenvalue weighted by atomic mass is 9.88. The Morgan fingerprint density at radius 1 is 1.05 bits per heavy atom. The van der Waals surface area contributed by atoms with E-state index in [2.05, 4.69) is 44.3 Å². The lowest BCUT2D eigenvalue weighted by molar-refractivity contribution is 0.347. The molecule has 0 radical (unpaired) electrons. The molecule has 4 nitrogen and oxygen atoms in total. The predicted octanol–water partition coefficient (Wildman–Crippen LogP) is 2.96. The summed E-state index contributed by atoms with van der Waals surface area (Å²) < 4.78 is 3.44. The van der Waals surface area contributed by atoms with Crippen LogP contribution in [0, 0.1) is 5.92 Å². The molecule has 0 spiro atoms. The van der Waals surface area contributed by atoms with Crippen LogP contribution in [0.4, 0.5) is 0 Å². The van der Waals surface area contributed by atoms with Gasteiger partial charge in [0.15, 0.2) is 0 Å². The van der Waals surface area contributed by atoms with Crippen LogP contribution in [0.1, 0.15) is 45.2 Å². The van der Waals surface area contributed by atoms with Crippen LogP contribution in [0.5, 0.6) is 0 Å². The molecule has 0 aliphatic carbocycles. The van der Waals surface area contributed by atoms with E-state index < -0.39 is 0 Å². The SMILES string of the molecule is CCNC(c1ccc2c(c1)n(C)c(=O)n2C)C(CC)CC. The topological polar surface area (TPSA) is 39.0 Å². The normalized spacial score (nSPS) is 13.2. The molecule has 0 fully saturated rings. The quantitative estimate of drug-likeness (QED) is 0.888. The van der Waals surface area contributed by atoms with Gasteiger partial charge in [-0.1, -0.05) is 39.7 Å². The van der Waals surface area contributed by atoms with Gasteiger partial charge in [-0.2, -0.15) is 0 Å². The van der Waals surface area contributed by atoms with E-state index in [1.54, 1.807) is 9.13 Å². The third-order valence-electron chi connectivity index (χ3n) is 4.60. The summed E-state index contributed by atoms with van der Waals surface area (Å²) in [7, 11) is 3.67. The van der Waals surface area contributed by atoms with Gasteiger partial charge in [-0.3, -0.25) is 9.13 Å². The summed E-state index contributed by atoms with van der Waals surface area (Å²) in [5.41, 5.74) is 3.31.